The van der Waals surface area contributed by atoms with Crippen molar-refractivity contribution in [3.05, 3.63) is 0 Å². The molecule has 5 heteroatoms. The van der Waals surface area contributed by atoms with Crippen LogP contribution in [0.25, 0.3) is 0 Å². The van der Waals surface area contributed by atoms with Crippen LogP contribution in [-0.2, 0) is 23.7 Å². The van der Waals surface area contributed by atoms with Gasteiger partial charge >= 0.3 is 0 Å². The van der Waals surface area contributed by atoms with Gasteiger partial charge in [-0.15, -0.1) is 0 Å². The molecule has 0 aliphatic carbocycles. The smallest absolute Gasteiger partial charge is 0.285 e. The highest BCUT2D eigenvalue weighted by atomic mass is 16.9. The quantitative estimate of drug-likeness (QED) is 0.157. The molecule has 1 fully saturated rings. The summed E-state index contributed by atoms with van der Waals surface area (Å²) in [4.78, 5) is 0. The summed E-state index contributed by atoms with van der Waals surface area (Å²) in [6, 6.07) is 0. The van der Waals surface area contributed by atoms with E-state index in [9.17, 15) is 0 Å². The summed E-state index contributed by atoms with van der Waals surface area (Å²) in [5.41, 5.74) is 0.254. The van der Waals surface area contributed by atoms with Crippen LogP contribution >= 0.6 is 0 Å². The molecule has 5 nitrogen and oxygen atoms in total. The minimum atomic E-state index is -0.922. The highest BCUT2D eigenvalue weighted by Crippen LogP contribution is 2.35. The molecule has 1 aliphatic rings. The van der Waals surface area contributed by atoms with Gasteiger partial charge in [-0.05, 0) is 46.5 Å². The van der Waals surface area contributed by atoms with Gasteiger partial charge in [0.1, 0.15) is 0 Å². The van der Waals surface area contributed by atoms with E-state index in [0.29, 0.717) is 19.8 Å². The van der Waals surface area contributed by atoms with E-state index in [4.69, 9.17) is 23.7 Å². The van der Waals surface area contributed by atoms with E-state index in [2.05, 4.69) is 13.8 Å². The zero-order valence-corrected chi connectivity index (χ0v) is 20.6. The van der Waals surface area contributed by atoms with Crippen molar-refractivity contribution in [2.45, 2.75) is 105 Å². The van der Waals surface area contributed by atoms with Crippen LogP contribution in [-0.4, -0.2) is 52.2 Å². The predicted molar refractivity (Wildman–Crippen MR) is 123 cm³/mol. The number of hydrogen-bond acceptors (Lipinski definition) is 5. The van der Waals surface area contributed by atoms with Gasteiger partial charge in [0.2, 0.25) is 0 Å². The molecule has 1 heterocycles. The lowest BCUT2D eigenvalue weighted by atomic mass is 9.84. The third-order valence-electron chi connectivity index (χ3n) is 6.26. The van der Waals surface area contributed by atoms with Crippen LogP contribution in [0.4, 0.5) is 0 Å². The van der Waals surface area contributed by atoms with E-state index in [1.54, 1.807) is 0 Å². The van der Waals surface area contributed by atoms with E-state index in [0.717, 1.165) is 52.1 Å². The third-order valence-corrected chi connectivity index (χ3v) is 6.26. The summed E-state index contributed by atoms with van der Waals surface area (Å²) < 4.78 is 29.8. The molecule has 1 atom stereocenters. The van der Waals surface area contributed by atoms with Crippen LogP contribution in [0, 0.1) is 11.3 Å². The number of unbranched alkanes of at least 4 members (excludes halogenated alkanes) is 5. The van der Waals surface area contributed by atoms with Crippen molar-refractivity contribution >= 4 is 0 Å². The van der Waals surface area contributed by atoms with E-state index in [1.165, 1.54) is 38.5 Å². The lowest BCUT2D eigenvalue weighted by Gasteiger charge is -2.40. The van der Waals surface area contributed by atoms with Gasteiger partial charge in [0, 0.05) is 37.8 Å². The van der Waals surface area contributed by atoms with Crippen molar-refractivity contribution in [2.24, 2.45) is 11.3 Å². The summed E-state index contributed by atoms with van der Waals surface area (Å²) in [5, 5.41) is 0. The molecule has 1 rings (SSSR count). The molecular formula is C25H50O5. The van der Waals surface area contributed by atoms with Crippen LogP contribution in [0.5, 0.6) is 0 Å². The Labute approximate surface area is 186 Å². The van der Waals surface area contributed by atoms with Gasteiger partial charge in [-0.25, -0.2) is 0 Å². The Morgan fingerprint density at radius 1 is 0.767 bits per heavy atom. The Hall–Kier alpha value is -0.200. The van der Waals surface area contributed by atoms with E-state index >= 15 is 0 Å². The van der Waals surface area contributed by atoms with Crippen LogP contribution in [0.2, 0.25) is 0 Å². The molecule has 0 aromatic rings. The zero-order valence-electron chi connectivity index (χ0n) is 20.6. The van der Waals surface area contributed by atoms with Crippen molar-refractivity contribution in [2.75, 3.05) is 46.2 Å². The molecule has 1 unspecified atom stereocenters. The van der Waals surface area contributed by atoms with Crippen molar-refractivity contribution in [1.82, 2.24) is 0 Å². The highest BCUT2D eigenvalue weighted by Gasteiger charge is 2.41. The highest BCUT2D eigenvalue weighted by molar-refractivity contribution is 4.84. The summed E-state index contributed by atoms with van der Waals surface area (Å²) in [6.45, 7) is 15.6. The summed E-state index contributed by atoms with van der Waals surface area (Å²) in [6.07, 6.45) is 11.9. The minimum absolute atomic E-state index is 0.222. The zero-order chi connectivity index (χ0) is 22.1. The fraction of sp³-hybridized carbons (Fsp3) is 1.00. The number of ether oxygens (including phenoxy) is 5. The molecule has 0 bridgehead atoms. The van der Waals surface area contributed by atoms with E-state index in [1.807, 2.05) is 20.8 Å². The predicted octanol–water partition coefficient (Wildman–Crippen LogP) is 6.34. The van der Waals surface area contributed by atoms with Gasteiger partial charge in [0.15, 0.2) is 0 Å². The first-order valence-corrected chi connectivity index (χ1v) is 12.7. The van der Waals surface area contributed by atoms with Crippen molar-refractivity contribution in [3.63, 3.8) is 0 Å². The van der Waals surface area contributed by atoms with Gasteiger partial charge < -0.3 is 23.7 Å². The van der Waals surface area contributed by atoms with Crippen LogP contribution in [0.15, 0.2) is 0 Å². The lowest BCUT2D eigenvalue weighted by Crippen LogP contribution is -2.47. The number of hydrogen-bond donors (Lipinski definition) is 0. The first-order valence-electron chi connectivity index (χ1n) is 12.7. The van der Waals surface area contributed by atoms with Gasteiger partial charge in [-0.2, -0.15) is 0 Å². The van der Waals surface area contributed by atoms with E-state index < -0.39 is 5.97 Å². The Bertz CT molecular complexity index is 374. The molecule has 0 amide bonds. The lowest BCUT2D eigenvalue weighted by molar-refractivity contribution is -0.403. The minimum Gasteiger partial charge on any atom is -0.381 e. The van der Waals surface area contributed by atoms with Crippen molar-refractivity contribution in [3.8, 4) is 0 Å². The number of rotatable bonds is 21. The molecule has 0 aromatic heterocycles. The molecule has 180 valence electrons. The van der Waals surface area contributed by atoms with Gasteiger partial charge in [0.25, 0.3) is 5.97 Å². The molecule has 30 heavy (non-hydrogen) atoms. The maximum absolute atomic E-state index is 6.12. The van der Waals surface area contributed by atoms with Crippen molar-refractivity contribution < 1.29 is 23.7 Å². The molecule has 0 aromatic carbocycles. The molecule has 0 radical (unpaired) electrons. The van der Waals surface area contributed by atoms with Crippen molar-refractivity contribution in [1.29, 1.82) is 0 Å². The maximum atomic E-state index is 6.12. The monoisotopic (exact) mass is 430 g/mol. The summed E-state index contributed by atoms with van der Waals surface area (Å²) in [7, 11) is 0. The Morgan fingerprint density at radius 2 is 1.33 bits per heavy atom. The van der Waals surface area contributed by atoms with Gasteiger partial charge in [-0.3, -0.25) is 0 Å². The van der Waals surface area contributed by atoms with Crippen LogP contribution < -0.4 is 0 Å². The average molecular weight is 431 g/mol. The Morgan fingerprint density at radius 3 is 1.83 bits per heavy atom. The fourth-order valence-electron chi connectivity index (χ4n) is 4.25. The molecule has 1 aliphatic heterocycles. The topological polar surface area (TPSA) is 46.2 Å². The molecule has 0 saturated carbocycles. The second-order valence-electron chi connectivity index (χ2n) is 8.70. The summed E-state index contributed by atoms with van der Waals surface area (Å²) in [5.74, 6) is -0.701. The average Bonchev–Trinajstić information content (AvgIpc) is 2.71. The second-order valence-corrected chi connectivity index (χ2v) is 8.70. The SMILES string of the molecule is CCCCCCCCC(CCCOCC1(CC)COC1)C(OCC)(OCC)OCC. The third kappa shape index (κ3) is 9.52. The standard InChI is InChI=1S/C25H50O5/c1-6-11-12-13-14-15-17-23(25(28-8-3,29-9-4)30-10-5)18-16-19-26-20-24(7-2)21-27-22-24/h23H,6-22H2,1-5H3. The molecule has 0 spiro atoms. The van der Waals surface area contributed by atoms with E-state index in [-0.39, 0.29) is 11.3 Å². The summed E-state index contributed by atoms with van der Waals surface area (Å²) >= 11 is 0. The normalized spacial score (nSPS) is 17.1. The Kier molecular flexibility index (Phi) is 15.2. The van der Waals surface area contributed by atoms with Gasteiger partial charge in [0.05, 0.1) is 19.8 Å². The van der Waals surface area contributed by atoms with Gasteiger partial charge in [-0.1, -0.05) is 52.4 Å². The first-order chi connectivity index (χ1) is 14.6. The fourth-order valence-corrected chi connectivity index (χ4v) is 4.25. The molecule has 0 N–H and O–H groups in total. The van der Waals surface area contributed by atoms with Crippen LogP contribution in [0.3, 0.4) is 0 Å². The maximum Gasteiger partial charge on any atom is 0.285 e. The van der Waals surface area contributed by atoms with Crippen LogP contribution in [0.1, 0.15) is 98.8 Å². The molecule has 1 saturated heterocycles. The second kappa shape index (κ2) is 16.4. The Balaban J connectivity index is 2.58. The molecular weight excluding hydrogens is 380 g/mol. The largest absolute Gasteiger partial charge is 0.381 e. The first kappa shape index (κ1) is 27.8.